The van der Waals surface area contributed by atoms with E-state index in [9.17, 15) is 9.18 Å². The highest BCUT2D eigenvalue weighted by molar-refractivity contribution is 5.95. The van der Waals surface area contributed by atoms with Crippen molar-refractivity contribution in [2.45, 2.75) is 45.3 Å². The first-order valence-electron chi connectivity index (χ1n) is 7.18. The third-order valence-corrected chi connectivity index (χ3v) is 3.38. The first-order chi connectivity index (χ1) is 9.65. The summed E-state index contributed by atoms with van der Waals surface area (Å²) in [4.78, 5) is 19.5. The Kier molecular flexibility index (Phi) is 5.75. The molecule has 0 saturated carbocycles. The first kappa shape index (κ1) is 17.5. The van der Waals surface area contributed by atoms with Gasteiger partial charge < -0.3 is 14.5 Å². The molecule has 0 aliphatic carbocycles. The zero-order valence-corrected chi connectivity index (χ0v) is 13.6. The van der Waals surface area contributed by atoms with Crippen LogP contribution in [0.5, 0.6) is 0 Å². The van der Waals surface area contributed by atoms with Crippen LogP contribution in [-0.4, -0.2) is 60.6 Å². The van der Waals surface area contributed by atoms with Crippen LogP contribution in [0.1, 0.15) is 33.6 Å². The van der Waals surface area contributed by atoms with Crippen LogP contribution in [-0.2, 0) is 4.74 Å². The quantitative estimate of drug-likeness (QED) is 0.582. The number of piperidine rings is 1. The van der Waals surface area contributed by atoms with Gasteiger partial charge in [0.2, 0.25) is 0 Å². The Bertz CT molecular complexity index is 429. The van der Waals surface area contributed by atoms with Crippen LogP contribution in [0, 0.1) is 0 Å². The van der Waals surface area contributed by atoms with E-state index in [-0.39, 0.29) is 18.0 Å². The zero-order valence-electron chi connectivity index (χ0n) is 13.6. The van der Waals surface area contributed by atoms with Gasteiger partial charge in [-0.15, -0.1) is 0 Å². The molecule has 1 atom stereocenters. The number of nitrogens with zero attached hydrogens (tertiary/aromatic N) is 3. The summed E-state index contributed by atoms with van der Waals surface area (Å²) in [7, 11) is 3.31. The molecule has 0 N–H and O–H groups in total. The summed E-state index contributed by atoms with van der Waals surface area (Å²) in [6.07, 6.45) is 1.40. The molecule has 1 aliphatic rings. The van der Waals surface area contributed by atoms with Crippen LogP contribution in [0.4, 0.5) is 9.18 Å². The van der Waals surface area contributed by atoms with Gasteiger partial charge in [-0.1, -0.05) is 6.58 Å². The lowest BCUT2D eigenvalue weighted by Crippen LogP contribution is -2.51. The van der Waals surface area contributed by atoms with Crippen molar-refractivity contribution < 1.29 is 13.9 Å². The van der Waals surface area contributed by atoms with Gasteiger partial charge in [0.25, 0.3) is 0 Å². The highest BCUT2D eigenvalue weighted by atomic mass is 19.1. The number of hydrogen-bond donors (Lipinski definition) is 0. The molecule has 0 spiro atoms. The number of carbonyl (C=O) groups excluding carboxylic acids is 1. The molecule has 1 fully saturated rings. The maximum absolute atomic E-state index is 13.4. The van der Waals surface area contributed by atoms with Crippen LogP contribution in [0.3, 0.4) is 0 Å². The van der Waals surface area contributed by atoms with Crippen molar-refractivity contribution in [1.29, 1.82) is 0 Å². The Balaban J connectivity index is 2.72. The largest absolute Gasteiger partial charge is 0.444 e. The number of halogens is 1. The Morgan fingerprint density at radius 2 is 2.10 bits per heavy atom. The van der Waals surface area contributed by atoms with Crippen molar-refractivity contribution in [2.24, 2.45) is 4.99 Å². The number of hydrogen-bond acceptors (Lipinski definition) is 3. The number of likely N-dealkylation sites (N-methyl/N-ethyl adjacent to an activating group) is 1. The van der Waals surface area contributed by atoms with Gasteiger partial charge in [-0.2, -0.15) is 0 Å². The Morgan fingerprint density at radius 3 is 2.57 bits per heavy atom. The van der Waals surface area contributed by atoms with Crippen molar-refractivity contribution in [1.82, 2.24) is 9.80 Å². The van der Waals surface area contributed by atoms with E-state index in [1.807, 2.05) is 20.8 Å². The van der Waals surface area contributed by atoms with Crippen molar-refractivity contribution in [3.05, 3.63) is 12.4 Å². The number of carbonyl (C=O) groups is 1. The van der Waals surface area contributed by atoms with Crippen LogP contribution < -0.4 is 0 Å². The average molecular weight is 299 g/mol. The van der Waals surface area contributed by atoms with Gasteiger partial charge in [-0.3, -0.25) is 4.99 Å². The molecule has 1 amide bonds. The third-order valence-electron chi connectivity index (χ3n) is 3.38. The third kappa shape index (κ3) is 5.02. The van der Waals surface area contributed by atoms with Gasteiger partial charge in [0.05, 0.1) is 0 Å². The molecule has 120 valence electrons. The minimum Gasteiger partial charge on any atom is -0.444 e. The predicted octanol–water partition coefficient (Wildman–Crippen LogP) is 2.83. The number of ether oxygens (including phenoxy) is 1. The predicted molar refractivity (Wildman–Crippen MR) is 82.2 cm³/mol. The van der Waals surface area contributed by atoms with Gasteiger partial charge in [-0.05, 0) is 33.6 Å². The number of likely N-dealkylation sites (tertiary alicyclic amines) is 1. The molecule has 0 bridgehead atoms. The summed E-state index contributed by atoms with van der Waals surface area (Å²) in [6, 6.07) is 0.0115. The minimum absolute atomic E-state index is 0.0115. The molecule has 5 nitrogen and oxygen atoms in total. The maximum atomic E-state index is 13.4. The average Bonchev–Trinajstić information content (AvgIpc) is 2.37. The minimum atomic E-state index is -0.561. The van der Waals surface area contributed by atoms with Crippen LogP contribution in [0.2, 0.25) is 0 Å². The van der Waals surface area contributed by atoms with E-state index >= 15 is 0 Å². The molecule has 0 radical (unpaired) electrons. The number of amides is 1. The molecule has 0 aromatic carbocycles. The Labute approximate surface area is 126 Å². The van der Waals surface area contributed by atoms with E-state index in [1.165, 1.54) is 7.05 Å². The van der Waals surface area contributed by atoms with Gasteiger partial charge in [0.15, 0.2) is 11.7 Å². The topological polar surface area (TPSA) is 45.1 Å². The summed E-state index contributed by atoms with van der Waals surface area (Å²) < 4.78 is 18.8. The molecule has 0 aromatic rings. The number of amidine groups is 1. The highest BCUT2D eigenvalue weighted by Gasteiger charge is 2.30. The standard InChI is InChI=1S/C15H26FN3O2/c1-11(16)13(17-5)18(6)12-8-7-9-19(10-12)14(20)21-15(2,3)4/h12H,1,7-10H2,2-6H3. The Hall–Kier alpha value is -1.59. The monoisotopic (exact) mass is 299 g/mol. The lowest BCUT2D eigenvalue weighted by molar-refractivity contribution is 0.0158. The summed E-state index contributed by atoms with van der Waals surface area (Å²) in [5, 5.41) is 0. The SMILES string of the molecule is C=C(F)C(=NC)N(C)C1CCCN(C(=O)OC(C)(C)C)C1. The van der Waals surface area contributed by atoms with Crippen LogP contribution in [0.25, 0.3) is 0 Å². The van der Waals surface area contributed by atoms with Gasteiger partial charge in [-0.25, -0.2) is 9.18 Å². The second-order valence-corrected chi connectivity index (χ2v) is 6.29. The molecular formula is C15H26FN3O2. The summed E-state index contributed by atoms with van der Waals surface area (Å²) in [5.74, 6) is -0.333. The normalized spacial score (nSPS) is 20.2. The first-order valence-corrected chi connectivity index (χ1v) is 7.18. The van der Waals surface area contributed by atoms with Gasteiger partial charge >= 0.3 is 6.09 Å². The fraction of sp³-hybridized carbons (Fsp3) is 0.733. The Morgan fingerprint density at radius 1 is 1.48 bits per heavy atom. The smallest absolute Gasteiger partial charge is 0.410 e. The zero-order chi connectivity index (χ0) is 16.2. The van der Waals surface area contributed by atoms with E-state index in [2.05, 4.69) is 11.6 Å². The summed E-state index contributed by atoms with van der Waals surface area (Å²) in [5.41, 5.74) is -0.515. The summed E-state index contributed by atoms with van der Waals surface area (Å²) >= 11 is 0. The highest BCUT2D eigenvalue weighted by Crippen LogP contribution is 2.19. The van der Waals surface area contributed by atoms with Crippen molar-refractivity contribution >= 4 is 11.9 Å². The number of aliphatic imine (C=N–C) groups is 1. The molecule has 1 heterocycles. The molecule has 1 rings (SSSR count). The lowest BCUT2D eigenvalue weighted by Gasteiger charge is -2.39. The molecule has 1 saturated heterocycles. The van der Waals surface area contributed by atoms with Crippen LogP contribution >= 0.6 is 0 Å². The van der Waals surface area contributed by atoms with E-state index in [1.54, 1.807) is 16.8 Å². The van der Waals surface area contributed by atoms with Crippen molar-refractivity contribution in [3.63, 3.8) is 0 Å². The van der Waals surface area contributed by atoms with E-state index in [4.69, 9.17) is 4.74 Å². The van der Waals surface area contributed by atoms with Gasteiger partial charge in [0.1, 0.15) is 5.60 Å². The maximum Gasteiger partial charge on any atom is 0.410 e. The van der Waals surface area contributed by atoms with Crippen molar-refractivity contribution in [3.8, 4) is 0 Å². The number of rotatable bonds is 2. The molecule has 1 unspecified atom stereocenters. The fourth-order valence-corrected chi connectivity index (χ4v) is 2.41. The van der Waals surface area contributed by atoms with Gasteiger partial charge in [0, 0.05) is 33.2 Å². The lowest BCUT2D eigenvalue weighted by atomic mass is 10.0. The van der Waals surface area contributed by atoms with Crippen molar-refractivity contribution in [2.75, 3.05) is 27.2 Å². The second-order valence-electron chi connectivity index (χ2n) is 6.29. The fourth-order valence-electron chi connectivity index (χ4n) is 2.41. The van der Waals surface area contributed by atoms with Crippen LogP contribution in [0.15, 0.2) is 17.4 Å². The molecule has 0 aromatic heterocycles. The molecular weight excluding hydrogens is 273 g/mol. The second kappa shape index (κ2) is 6.91. The molecule has 1 aliphatic heterocycles. The van der Waals surface area contributed by atoms with E-state index < -0.39 is 11.4 Å². The van der Waals surface area contributed by atoms with E-state index in [0.29, 0.717) is 13.1 Å². The van der Waals surface area contributed by atoms with E-state index in [0.717, 1.165) is 12.8 Å². The summed E-state index contributed by atoms with van der Waals surface area (Å²) in [6.45, 7) is 9.98. The molecule has 21 heavy (non-hydrogen) atoms. The molecule has 6 heteroatoms.